The van der Waals surface area contributed by atoms with Gasteiger partial charge in [0.25, 0.3) is 5.69 Å². The van der Waals surface area contributed by atoms with Crippen molar-refractivity contribution in [3.63, 3.8) is 0 Å². The molecule has 1 aromatic heterocycles. The van der Waals surface area contributed by atoms with Crippen molar-refractivity contribution in [2.75, 3.05) is 18.0 Å². The number of halogens is 1. The second-order valence-corrected chi connectivity index (χ2v) is 6.00. The van der Waals surface area contributed by atoms with Crippen LogP contribution in [0.25, 0.3) is 11.0 Å². The molecule has 0 bridgehead atoms. The molecule has 0 aliphatic carbocycles. The largest absolute Gasteiger partial charge is 0.341 e. The van der Waals surface area contributed by atoms with Gasteiger partial charge in [-0.3, -0.25) is 10.1 Å². The van der Waals surface area contributed by atoms with Crippen LogP contribution in [-0.2, 0) is 0 Å². The molecule has 0 amide bonds. The van der Waals surface area contributed by atoms with E-state index >= 15 is 0 Å². The molecular formula is C12H13BrN4O2. The van der Waals surface area contributed by atoms with E-state index < -0.39 is 4.92 Å². The number of nitro benzene ring substituents is 1. The number of aromatic nitrogens is 2. The molecule has 1 fully saturated rings. The maximum absolute atomic E-state index is 10.8. The van der Waals surface area contributed by atoms with E-state index in [1.165, 1.54) is 18.6 Å². The number of nitro groups is 1. The Bertz CT molecular complexity index is 627. The number of alkyl halides is 1. The van der Waals surface area contributed by atoms with Crippen LogP contribution in [0.2, 0.25) is 0 Å². The Balaban J connectivity index is 1.94. The molecule has 2 aromatic rings. The summed E-state index contributed by atoms with van der Waals surface area (Å²) in [6, 6.07) is 4.70. The molecular weight excluding hydrogens is 312 g/mol. The first-order valence-electron chi connectivity index (χ1n) is 6.16. The number of H-pyrrole nitrogens is 1. The van der Waals surface area contributed by atoms with Crippen LogP contribution in [0.15, 0.2) is 18.2 Å². The number of nitrogens with one attached hydrogen (secondary N) is 1. The van der Waals surface area contributed by atoms with Crippen molar-refractivity contribution in [1.29, 1.82) is 0 Å². The zero-order valence-electron chi connectivity index (χ0n) is 10.2. The lowest BCUT2D eigenvalue weighted by Crippen LogP contribution is -2.36. The molecule has 2 heterocycles. The number of hydrogen-bond donors (Lipinski definition) is 1. The molecule has 1 aliphatic rings. The average Bonchev–Trinajstić information content (AvgIpc) is 2.81. The fraction of sp³-hybridized carbons (Fsp3) is 0.417. The molecule has 0 saturated carbocycles. The first kappa shape index (κ1) is 12.4. The molecule has 1 unspecified atom stereocenters. The number of piperidine rings is 1. The molecule has 19 heavy (non-hydrogen) atoms. The van der Waals surface area contributed by atoms with Gasteiger partial charge in [-0.25, -0.2) is 4.98 Å². The van der Waals surface area contributed by atoms with Gasteiger partial charge in [0.2, 0.25) is 5.95 Å². The van der Waals surface area contributed by atoms with Crippen molar-refractivity contribution in [2.45, 2.75) is 17.7 Å². The first-order chi connectivity index (χ1) is 9.13. The van der Waals surface area contributed by atoms with E-state index in [9.17, 15) is 10.1 Å². The average molecular weight is 325 g/mol. The fourth-order valence-corrected chi connectivity index (χ4v) is 3.04. The molecule has 1 atom stereocenters. The summed E-state index contributed by atoms with van der Waals surface area (Å²) < 4.78 is 0. The summed E-state index contributed by atoms with van der Waals surface area (Å²) in [7, 11) is 0. The molecule has 1 aliphatic heterocycles. The zero-order valence-corrected chi connectivity index (χ0v) is 11.8. The van der Waals surface area contributed by atoms with Gasteiger partial charge in [0.05, 0.1) is 16.0 Å². The van der Waals surface area contributed by atoms with E-state index in [0.29, 0.717) is 10.3 Å². The lowest BCUT2D eigenvalue weighted by Gasteiger charge is -2.29. The number of hydrogen-bond acceptors (Lipinski definition) is 4. The minimum Gasteiger partial charge on any atom is -0.341 e. The second-order valence-electron chi connectivity index (χ2n) is 4.70. The van der Waals surface area contributed by atoms with E-state index in [1.807, 2.05) is 0 Å². The highest BCUT2D eigenvalue weighted by Gasteiger charge is 2.20. The molecule has 100 valence electrons. The van der Waals surface area contributed by atoms with Gasteiger partial charge < -0.3 is 9.88 Å². The van der Waals surface area contributed by atoms with E-state index in [1.54, 1.807) is 6.07 Å². The minimum absolute atomic E-state index is 0.0831. The summed E-state index contributed by atoms with van der Waals surface area (Å²) in [5, 5.41) is 10.8. The lowest BCUT2D eigenvalue weighted by molar-refractivity contribution is -0.384. The number of non-ortho nitro benzene ring substituents is 1. The number of aromatic amines is 1. The SMILES string of the molecule is O=[N+]([O-])c1ccc2nc(N3CCCC(Br)C3)[nH]c2c1. The predicted octanol–water partition coefficient (Wildman–Crippen LogP) is 2.83. The monoisotopic (exact) mass is 324 g/mol. The Labute approximate surface area is 118 Å². The van der Waals surface area contributed by atoms with Gasteiger partial charge in [-0.2, -0.15) is 0 Å². The second kappa shape index (κ2) is 4.80. The van der Waals surface area contributed by atoms with Gasteiger partial charge >= 0.3 is 0 Å². The van der Waals surface area contributed by atoms with Crippen LogP contribution in [0.5, 0.6) is 0 Å². The third-order valence-electron chi connectivity index (χ3n) is 3.33. The normalized spacial score (nSPS) is 19.8. The summed E-state index contributed by atoms with van der Waals surface area (Å²) in [6.45, 7) is 1.87. The molecule has 1 N–H and O–H groups in total. The molecule has 1 saturated heterocycles. The van der Waals surface area contributed by atoms with Crippen LogP contribution in [-0.4, -0.2) is 32.8 Å². The van der Waals surface area contributed by atoms with Crippen LogP contribution < -0.4 is 4.90 Å². The number of anilines is 1. The smallest absolute Gasteiger partial charge is 0.271 e. The van der Waals surface area contributed by atoms with E-state index in [0.717, 1.165) is 31.0 Å². The topological polar surface area (TPSA) is 75.1 Å². The van der Waals surface area contributed by atoms with Crippen LogP contribution >= 0.6 is 15.9 Å². The van der Waals surface area contributed by atoms with Gasteiger partial charge in [-0.15, -0.1) is 0 Å². The van der Waals surface area contributed by atoms with Crippen molar-refractivity contribution in [1.82, 2.24) is 9.97 Å². The van der Waals surface area contributed by atoms with E-state index in [-0.39, 0.29) is 5.69 Å². The maximum Gasteiger partial charge on any atom is 0.271 e. The van der Waals surface area contributed by atoms with Crippen LogP contribution in [0, 0.1) is 10.1 Å². The van der Waals surface area contributed by atoms with E-state index in [2.05, 4.69) is 30.8 Å². The summed E-state index contributed by atoms with van der Waals surface area (Å²) >= 11 is 3.63. The van der Waals surface area contributed by atoms with Crippen LogP contribution in [0.1, 0.15) is 12.8 Å². The van der Waals surface area contributed by atoms with Crippen molar-refractivity contribution < 1.29 is 4.92 Å². The third kappa shape index (κ3) is 2.42. The summed E-state index contributed by atoms with van der Waals surface area (Å²) in [6.07, 6.45) is 2.29. The number of rotatable bonds is 2. The number of benzene rings is 1. The molecule has 7 heteroatoms. The van der Waals surface area contributed by atoms with Crippen molar-refractivity contribution in [2.24, 2.45) is 0 Å². The Morgan fingerprint density at radius 2 is 2.37 bits per heavy atom. The zero-order chi connectivity index (χ0) is 13.4. The highest BCUT2D eigenvalue weighted by Crippen LogP contribution is 2.25. The van der Waals surface area contributed by atoms with Gasteiger partial charge in [-0.05, 0) is 18.9 Å². The van der Waals surface area contributed by atoms with Gasteiger partial charge in [0.15, 0.2) is 0 Å². The Kier molecular flexibility index (Phi) is 3.14. The van der Waals surface area contributed by atoms with Crippen LogP contribution in [0.3, 0.4) is 0 Å². The van der Waals surface area contributed by atoms with Crippen LogP contribution in [0.4, 0.5) is 11.6 Å². The molecule has 0 radical (unpaired) electrons. The summed E-state index contributed by atoms with van der Waals surface area (Å²) in [4.78, 5) is 20.7. The highest BCUT2D eigenvalue weighted by molar-refractivity contribution is 9.09. The fourth-order valence-electron chi connectivity index (χ4n) is 2.37. The Morgan fingerprint density at radius 3 is 3.11 bits per heavy atom. The van der Waals surface area contributed by atoms with Gasteiger partial charge in [-0.1, -0.05) is 15.9 Å². The number of fused-ring (bicyclic) bond motifs is 1. The predicted molar refractivity (Wildman–Crippen MR) is 76.9 cm³/mol. The molecule has 1 aromatic carbocycles. The van der Waals surface area contributed by atoms with Gasteiger partial charge in [0, 0.05) is 30.0 Å². The Morgan fingerprint density at radius 1 is 1.53 bits per heavy atom. The van der Waals surface area contributed by atoms with Crippen molar-refractivity contribution in [3.8, 4) is 0 Å². The number of nitrogens with zero attached hydrogens (tertiary/aromatic N) is 3. The minimum atomic E-state index is -0.393. The van der Waals surface area contributed by atoms with E-state index in [4.69, 9.17) is 0 Å². The standard InChI is InChI=1S/C12H13BrN4O2/c13-8-2-1-5-16(7-8)12-14-10-4-3-9(17(18)19)6-11(10)15-12/h3-4,6,8H,1-2,5,7H2,(H,14,15). The molecule has 3 rings (SSSR count). The Hall–Kier alpha value is -1.63. The third-order valence-corrected chi connectivity index (χ3v) is 4.07. The highest BCUT2D eigenvalue weighted by atomic mass is 79.9. The maximum atomic E-state index is 10.8. The first-order valence-corrected chi connectivity index (χ1v) is 7.08. The summed E-state index contributed by atoms with van der Waals surface area (Å²) in [5.74, 6) is 0.791. The number of imidazole rings is 1. The lowest BCUT2D eigenvalue weighted by atomic mass is 10.1. The molecule has 0 spiro atoms. The quantitative estimate of drug-likeness (QED) is 0.523. The van der Waals surface area contributed by atoms with Crippen molar-refractivity contribution in [3.05, 3.63) is 28.3 Å². The van der Waals surface area contributed by atoms with Gasteiger partial charge in [0.1, 0.15) is 0 Å². The van der Waals surface area contributed by atoms with Crippen molar-refractivity contribution >= 4 is 38.6 Å². The molecule has 6 nitrogen and oxygen atoms in total. The summed E-state index contributed by atoms with van der Waals surface area (Å²) in [5.41, 5.74) is 1.55.